The Morgan fingerprint density at radius 2 is 1.71 bits per heavy atom. The van der Waals surface area contributed by atoms with E-state index in [1.165, 1.54) is 9.21 Å². The first-order valence-corrected chi connectivity index (χ1v) is 14.1. The summed E-state index contributed by atoms with van der Waals surface area (Å²) >= 11 is 6.32. The number of benzene rings is 2. The Balaban J connectivity index is 2.14. The van der Waals surface area contributed by atoms with Gasteiger partial charge in [-0.15, -0.1) is 0 Å². The van der Waals surface area contributed by atoms with Crippen molar-refractivity contribution in [3.8, 4) is 0 Å². The van der Waals surface area contributed by atoms with Crippen molar-refractivity contribution >= 4 is 39.1 Å². The topological polar surface area (TPSA) is 86.8 Å². The number of carbonyl (C=O) groups excluding carboxylic acids is 2. The highest BCUT2D eigenvalue weighted by atomic mass is 35.5. The third-order valence-electron chi connectivity index (χ3n) is 5.77. The molecule has 0 saturated heterocycles. The smallest absolute Gasteiger partial charge is 0.242 e. The molecule has 2 aromatic carbocycles. The third kappa shape index (κ3) is 8.85. The molecule has 35 heavy (non-hydrogen) atoms. The minimum absolute atomic E-state index is 0.0922. The van der Waals surface area contributed by atoms with Crippen molar-refractivity contribution in [3.05, 3.63) is 64.7 Å². The molecule has 0 heterocycles. The van der Waals surface area contributed by atoms with Crippen LogP contribution in [0.3, 0.4) is 0 Å². The maximum absolute atomic E-state index is 13.3. The highest BCUT2D eigenvalue weighted by Crippen LogP contribution is 2.21. The van der Waals surface area contributed by atoms with E-state index in [1.54, 1.807) is 25.1 Å². The van der Waals surface area contributed by atoms with E-state index in [0.29, 0.717) is 23.7 Å². The molecule has 0 aliphatic rings. The van der Waals surface area contributed by atoms with Gasteiger partial charge in [0.25, 0.3) is 0 Å². The molecule has 192 valence electrons. The van der Waals surface area contributed by atoms with E-state index in [4.69, 9.17) is 11.6 Å². The summed E-state index contributed by atoms with van der Waals surface area (Å²) in [5.74, 6) is -0.461. The molecule has 0 spiro atoms. The SMILES string of the molecule is CCCCNC(=O)C(C)N(Cc1ccccc1Cl)C(=O)CCCN(c1ccc(C)cc1)S(C)(=O)=O. The Morgan fingerprint density at radius 3 is 2.31 bits per heavy atom. The van der Waals surface area contributed by atoms with Gasteiger partial charge >= 0.3 is 0 Å². The van der Waals surface area contributed by atoms with Gasteiger partial charge in [0, 0.05) is 31.1 Å². The van der Waals surface area contributed by atoms with Crippen molar-refractivity contribution in [2.45, 2.75) is 59.0 Å². The number of amides is 2. The molecule has 0 fully saturated rings. The monoisotopic (exact) mass is 521 g/mol. The van der Waals surface area contributed by atoms with Crippen LogP contribution in [0.15, 0.2) is 48.5 Å². The summed E-state index contributed by atoms with van der Waals surface area (Å²) in [6.07, 6.45) is 3.37. The Labute approximate surface area is 214 Å². The Hall–Kier alpha value is -2.58. The number of hydrogen-bond donors (Lipinski definition) is 1. The normalized spacial score (nSPS) is 12.1. The van der Waals surface area contributed by atoms with E-state index in [2.05, 4.69) is 5.32 Å². The van der Waals surface area contributed by atoms with Crippen LogP contribution < -0.4 is 9.62 Å². The largest absolute Gasteiger partial charge is 0.354 e. The second-order valence-corrected chi connectivity index (χ2v) is 11.0. The lowest BCUT2D eigenvalue weighted by atomic mass is 10.1. The van der Waals surface area contributed by atoms with Gasteiger partial charge in [0.05, 0.1) is 11.9 Å². The van der Waals surface area contributed by atoms with Gasteiger partial charge in [0.2, 0.25) is 21.8 Å². The first-order chi connectivity index (χ1) is 16.5. The summed E-state index contributed by atoms with van der Waals surface area (Å²) in [6.45, 7) is 6.57. The first kappa shape index (κ1) is 28.7. The van der Waals surface area contributed by atoms with Crippen molar-refractivity contribution in [3.63, 3.8) is 0 Å². The lowest BCUT2D eigenvalue weighted by Gasteiger charge is -2.29. The van der Waals surface area contributed by atoms with Gasteiger partial charge in [0.15, 0.2) is 0 Å². The number of sulfonamides is 1. The predicted octanol–water partition coefficient (Wildman–Crippen LogP) is 4.53. The van der Waals surface area contributed by atoms with Gasteiger partial charge in [-0.2, -0.15) is 0 Å². The number of hydrogen-bond acceptors (Lipinski definition) is 4. The fraction of sp³-hybridized carbons (Fsp3) is 0.462. The van der Waals surface area contributed by atoms with Crippen LogP contribution in [-0.2, 0) is 26.2 Å². The van der Waals surface area contributed by atoms with Crippen molar-refractivity contribution in [1.82, 2.24) is 10.2 Å². The minimum atomic E-state index is -3.52. The zero-order valence-electron chi connectivity index (χ0n) is 21.0. The van der Waals surface area contributed by atoms with E-state index in [0.717, 1.165) is 30.2 Å². The minimum Gasteiger partial charge on any atom is -0.354 e. The molecule has 1 unspecified atom stereocenters. The van der Waals surface area contributed by atoms with E-state index in [9.17, 15) is 18.0 Å². The van der Waals surface area contributed by atoms with Crippen LogP contribution in [0.4, 0.5) is 5.69 Å². The summed E-state index contributed by atoms with van der Waals surface area (Å²) < 4.78 is 26.1. The number of unbranched alkanes of at least 4 members (excludes halogenated alkanes) is 1. The zero-order chi connectivity index (χ0) is 26.0. The van der Waals surface area contributed by atoms with Crippen LogP contribution in [0, 0.1) is 6.92 Å². The molecule has 0 saturated carbocycles. The van der Waals surface area contributed by atoms with Gasteiger partial charge in [0.1, 0.15) is 6.04 Å². The molecule has 0 radical (unpaired) electrons. The molecule has 0 bridgehead atoms. The van der Waals surface area contributed by atoms with Crippen LogP contribution in [0.5, 0.6) is 0 Å². The molecule has 7 nitrogen and oxygen atoms in total. The van der Waals surface area contributed by atoms with E-state index >= 15 is 0 Å². The van der Waals surface area contributed by atoms with Crippen LogP contribution >= 0.6 is 11.6 Å². The number of carbonyl (C=O) groups is 2. The van der Waals surface area contributed by atoms with Crippen molar-refractivity contribution in [1.29, 1.82) is 0 Å². The van der Waals surface area contributed by atoms with Gasteiger partial charge < -0.3 is 10.2 Å². The van der Waals surface area contributed by atoms with Crippen LogP contribution in [0.1, 0.15) is 50.7 Å². The van der Waals surface area contributed by atoms with Gasteiger partial charge in [-0.05, 0) is 50.5 Å². The molecule has 2 rings (SSSR count). The Bertz CT molecular complexity index is 1090. The summed E-state index contributed by atoms with van der Waals surface area (Å²) in [6, 6.07) is 13.7. The van der Waals surface area contributed by atoms with Gasteiger partial charge in [-0.1, -0.05) is 60.8 Å². The summed E-state index contributed by atoms with van der Waals surface area (Å²) in [5.41, 5.74) is 2.33. The number of nitrogens with zero attached hydrogens (tertiary/aromatic N) is 2. The van der Waals surface area contributed by atoms with Crippen molar-refractivity contribution in [2.24, 2.45) is 0 Å². The van der Waals surface area contributed by atoms with Gasteiger partial charge in [-0.25, -0.2) is 8.42 Å². The molecule has 1 N–H and O–H groups in total. The van der Waals surface area contributed by atoms with E-state index in [-0.39, 0.29) is 31.3 Å². The quantitative estimate of drug-likeness (QED) is 0.392. The second kappa shape index (κ2) is 13.5. The first-order valence-electron chi connectivity index (χ1n) is 11.9. The van der Waals surface area contributed by atoms with Gasteiger partial charge in [-0.3, -0.25) is 13.9 Å². The lowest BCUT2D eigenvalue weighted by Crippen LogP contribution is -2.48. The molecule has 9 heteroatoms. The Kier molecular flexibility index (Phi) is 11.0. The lowest BCUT2D eigenvalue weighted by molar-refractivity contribution is -0.140. The van der Waals surface area contributed by atoms with Crippen LogP contribution in [-0.4, -0.2) is 50.5 Å². The Morgan fingerprint density at radius 1 is 1.06 bits per heavy atom. The average Bonchev–Trinajstić information content (AvgIpc) is 2.81. The summed E-state index contributed by atoms with van der Waals surface area (Å²) in [7, 11) is -3.52. The standard InChI is InChI=1S/C26H36ClN3O4S/c1-5-6-17-28-26(32)21(3)29(19-22-10-7-8-11-24(22)27)25(31)12-9-18-30(35(4,33)34)23-15-13-20(2)14-16-23/h7-8,10-11,13-16,21H,5-6,9,12,17-19H2,1-4H3,(H,28,32). The fourth-order valence-corrected chi connectivity index (χ4v) is 4.80. The van der Waals surface area contributed by atoms with Crippen LogP contribution in [0.2, 0.25) is 5.02 Å². The molecule has 0 aliphatic heterocycles. The molecule has 2 amide bonds. The predicted molar refractivity (Wildman–Crippen MR) is 142 cm³/mol. The number of nitrogens with one attached hydrogen (secondary N) is 1. The summed E-state index contributed by atoms with van der Waals surface area (Å²) in [5, 5.41) is 3.41. The molecular formula is C26H36ClN3O4S. The van der Waals surface area contributed by atoms with E-state index < -0.39 is 16.1 Å². The third-order valence-corrected chi connectivity index (χ3v) is 7.33. The molecule has 0 aliphatic carbocycles. The maximum Gasteiger partial charge on any atom is 0.242 e. The molecular weight excluding hydrogens is 486 g/mol. The number of halogens is 1. The highest BCUT2D eigenvalue weighted by molar-refractivity contribution is 7.92. The number of aryl methyl sites for hydroxylation is 1. The maximum atomic E-state index is 13.3. The highest BCUT2D eigenvalue weighted by Gasteiger charge is 2.27. The van der Waals surface area contributed by atoms with Crippen molar-refractivity contribution in [2.75, 3.05) is 23.7 Å². The zero-order valence-corrected chi connectivity index (χ0v) is 22.5. The molecule has 1 atom stereocenters. The number of rotatable bonds is 13. The average molecular weight is 522 g/mol. The van der Waals surface area contributed by atoms with E-state index in [1.807, 2.05) is 44.2 Å². The molecule has 2 aromatic rings. The fourth-order valence-electron chi connectivity index (χ4n) is 3.64. The summed E-state index contributed by atoms with van der Waals surface area (Å²) in [4.78, 5) is 27.5. The molecule has 0 aromatic heterocycles. The van der Waals surface area contributed by atoms with Crippen LogP contribution in [0.25, 0.3) is 0 Å². The van der Waals surface area contributed by atoms with Crippen molar-refractivity contribution < 1.29 is 18.0 Å². The second-order valence-electron chi connectivity index (χ2n) is 8.71. The number of anilines is 1.